The van der Waals surface area contributed by atoms with E-state index in [9.17, 15) is 21.6 Å². The van der Waals surface area contributed by atoms with Crippen molar-refractivity contribution < 1.29 is 21.6 Å². The van der Waals surface area contributed by atoms with Gasteiger partial charge in [-0.2, -0.15) is 4.99 Å². The third-order valence-electron chi connectivity index (χ3n) is 4.61. The average Bonchev–Trinajstić information content (AvgIpc) is 3.04. The number of hydrogen-bond acceptors (Lipinski definition) is 6. The maximum Gasteiger partial charge on any atom is 0.279 e. The van der Waals surface area contributed by atoms with Crippen molar-refractivity contribution in [2.45, 2.75) is 29.7 Å². The van der Waals surface area contributed by atoms with Crippen LogP contribution in [-0.4, -0.2) is 52.0 Å². The second kappa shape index (κ2) is 8.65. The number of sulfonamides is 1. The second-order valence-electron chi connectivity index (χ2n) is 7.17. The molecule has 31 heavy (non-hydrogen) atoms. The van der Waals surface area contributed by atoms with Crippen LogP contribution < -0.4 is 4.80 Å². The lowest BCUT2D eigenvalue weighted by Gasteiger charge is -2.11. The maximum absolute atomic E-state index is 12.7. The number of carbonyl (C=O) groups is 1. The number of thiazole rings is 1. The maximum atomic E-state index is 12.7. The molecular formula is C20H23N3O5S3. The standard InChI is InChI=1S/C20H23N3O5S3/c1-5-12-23-17-11-10-16(30(4,25)26)13-18(17)29-20(23)21-19(24)14-6-8-15(9-7-14)31(27,28)22(2)3/h6-11,13H,5,12H2,1-4H3. The molecule has 2 aromatic carbocycles. The molecule has 0 atom stereocenters. The predicted octanol–water partition coefficient (Wildman–Crippen LogP) is 2.51. The molecule has 0 aliphatic rings. The number of rotatable bonds is 6. The molecule has 1 aromatic heterocycles. The molecule has 0 saturated heterocycles. The molecule has 0 fully saturated rings. The predicted molar refractivity (Wildman–Crippen MR) is 120 cm³/mol. The quantitative estimate of drug-likeness (QED) is 0.538. The van der Waals surface area contributed by atoms with Gasteiger partial charge in [-0.05, 0) is 48.9 Å². The van der Waals surface area contributed by atoms with E-state index in [-0.39, 0.29) is 15.4 Å². The second-order valence-corrected chi connectivity index (χ2v) is 12.3. The summed E-state index contributed by atoms with van der Waals surface area (Å²) < 4.78 is 51.8. The molecule has 1 heterocycles. The van der Waals surface area contributed by atoms with Crippen LogP contribution in [0.4, 0.5) is 0 Å². The zero-order valence-corrected chi connectivity index (χ0v) is 20.0. The lowest BCUT2D eigenvalue weighted by atomic mass is 10.2. The van der Waals surface area contributed by atoms with E-state index in [1.54, 1.807) is 18.2 Å². The smallest absolute Gasteiger partial charge is 0.279 e. The van der Waals surface area contributed by atoms with Crippen LogP contribution in [0.25, 0.3) is 10.2 Å². The Labute approximate surface area is 185 Å². The van der Waals surface area contributed by atoms with Crippen molar-refractivity contribution in [3.05, 3.63) is 52.8 Å². The minimum Gasteiger partial charge on any atom is -0.316 e. The summed E-state index contributed by atoms with van der Waals surface area (Å²) in [4.78, 5) is 17.7. The van der Waals surface area contributed by atoms with Gasteiger partial charge < -0.3 is 4.57 Å². The Morgan fingerprint density at radius 2 is 1.65 bits per heavy atom. The number of aromatic nitrogens is 1. The number of nitrogens with zero attached hydrogens (tertiary/aromatic N) is 3. The van der Waals surface area contributed by atoms with Crippen molar-refractivity contribution in [3.8, 4) is 0 Å². The van der Waals surface area contributed by atoms with Crippen LogP contribution in [0.2, 0.25) is 0 Å². The van der Waals surface area contributed by atoms with Crippen molar-refractivity contribution >= 4 is 47.3 Å². The molecular weight excluding hydrogens is 458 g/mol. The van der Waals surface area contributed by atoms with E-state index in [0.717, 1.165) is 27.2 Å². The molecule has 0 spiro atoms. The van der Waals surface area contributed by atoms with E-state index in [2.05, 4.69) is 4.99 Å². The van der Waals surface area contributed by atoms with Crippen LogP contribution in [-0.2, 0) is 26.4 Å². The summed E-state index contributed by atoms with van der Waals surface area (Å²) >= 11 is 1.24. The van der Waals surface area contributed by atoms with Gasteiger partial charge in [0, 0.05) is 32.5 Å². The first-order chi connectivity index (χ1) is 14.4. The van der Waals surface area contributed by atoms with Gasteiger partial charge in [0.25, 0.3) is 5.91 Å². The first-order valence-corrected chi connectivity index (χ1v) is 13.5. The van der Waals surface area contributed by atoms with Crippen LogP contribution in [0, 0.1) is 0 Å². The molecule has 0 N–H and O–H groups in total. The summed E-state index contributed by atoms with van der Waals surface area (Å²) in [7, 11) is -4.06. The fraction of sp³-hybridized carbons (Fsp3) is 0.300. The first-order valence-electron chi connectivity index (χ1n) is 9.40. The van der Waals surface area contributed by atoms with E-state index in [0.29, 0.717) is 11.3 Å². The number of carbonyl (C=O) groups excluding carboxylic acids is 1. The van der Waals surface area contributed by atoms with Gasteiger partial charge in [0.2, 0.25) is 10.0 Å². The number of fused-ring (bicyclic) bond motifs is 1. The molecule has 0 aliphatic heterocycles. The number of sulfone groups is 1. The Hall–Kier alpha value is -2.34. The summed E-state index contributed by atoms with van der Waals surface area (Å²) in [5.74, 6) is -0.506. The van der Waals surface area contributed by atoms with Gasteiger partial charge >= 0.3 is 0 Å². The van der Waals surface area contributed by atoms with Gasteiger partial charge in [-0.1, -0.05) is 18.3 Å². The molecule has 0 radical (unpaired) electrons. The van der Waals surface area contributed by atoms with E-state index < -0.39 is 25.8 Å². The van der Waals surface area contributed by atoms with Gasteiger partial charge in [-0.3, -0.25) is 4.79 Å². The Morgan fingerprint density at radius 3 is 2.19 bits per heavy atom. The lowest BCUT2D eigenvalue weighted by molar-refractivity contribution is 0.0997. The highest BCUT2D eigenvalue weighted by molar-refractivity contribution is 7.90. The SMILES string of the molecule is CCCn1c(=NC(=O)c2ccc(S(=O)(=O)N(C)C)cc2)sc2cc(S(C)(=O)=O)ccc21. The summed E-state index contributed by atoms with van der Waals surface area (Å²) in [5, 5.41) is 0. The summed E-state index contributed by atoms with van der Waals surface area (Å²) in [5.41, 5.74) is 1.06. The monoisotopic (exact) mass is 481 g/mol. The number of aryl methyl sites for hydroxylation is 1. The average molecular weight is 482 g/mol. The van der Waals surface area contributed by atoms with Crippen molar-refractivity contribution in [1.29, 1.82) is 0 Å². The highest BCUT2D eigenvalue weighted by Gasteiger charge is 2.18. The minimum atomic E-state index is -3.59. The molecule has 3 rings (SSSR count). The molecule has 0 bridgehead atoms. The van der Waals surface area contributed by atoms with E-state index >= 15 is 0 Å². The van der Waals surface area contributed by atoms with Crippen molar-refractivity contribution in [2.24, 2.45) is 4.99 Å². The third kappa shape index (κ3) is 4.79. The fourth-order valence-corrected chi connectivity index (χ4v) is 5.66. The molecule has 0 unspecified atom stereocenters. The fourth-order valence-electron chi connectivity index (χ4n) is 2.94. The lowest BCUT2D eigenvalue weighted by Crippen LogP contribution is -2.22. The third-order valence-corrected chi connectivity index (χ3v) is 8.59. The van der Waals surface area contributed by atoms with E-state index in [4.69, 9.17) is 0 Å². The highest BCUT2D eigenvalue weighted by Crippen LogP contribution is 2.22. The normalized spacial score (nSPS) is 13.3. The van der Waals surface area contributed by atoms with E-state index in [1.165, 1.54) is 49.7 Å². The Morgan fingerprint density at radius 1 is 1.03 bits per heavy atom. The largest absolute Gasteiger partial charge is 0.316 e. The molecule has 8 nitrogen and oxygen atoms in total. The van der Waals surface area contributed by atoms with Crippen molar-refractivity contribution in [3.63, 3.8) is 0 Å². The van der Waals surface area contributed by atoms with Crippen LogP contribution in [0.5, 0.6) is 0 Å². The summed E-state index contributed by atoms with van der Waals surface area (Å²) in [6, 6.07) is 10.5. The number of hydrogen-bond donors (Lipinski definition) is 0. The molecule has 0 saturated carbocycles. The van der Waals surface area contributed by atoms with Gasteiger partial charge in [0.1, 0.15) is 0 Å². The van der Waals surface area contributed by atoms with Gasteiger partial charge in [0.15, 0.2) is 14.6 Å². The van der Waals surface area contributed by atoms with Crippen LogP contribution >= 0.6 is 11.3 Å². The minimum absolute atomic E-state index is 0.0882. The Bertz CT molecular complexity index is 1410. The highest BCUT2D eigenvalue weighted by atomic mass is 32.2. The van der Waals surface area contributed by atoms with Gasteiger partial charge in [-0.25, -0.2) is 21.1 Å². The number of amides is 1. The topological polar surface area (TPSA) is 106 Å². The van der Waals surface area contributed by atoms with Crippen LogP contribution in [0.1, 0.15) is 23.7 Å². The Balaban J connectivity index is 2.06. The van der Waals surface area contributed by atoms with Crippen molar-refractivity contribution in [2.75, 3.05) is 20.4 Å². The Kier molecular flexibility index (Phi) is 6.51. The molecule has 3 aromatic rings. The molecule has 1 amide bonds. The van der Waals surface area contributed by atoms with Crippen LogP contribution in [0.3, 0.4) is 0 Å². The zero-order chi connectivity index (χ0) is 23.0. The first kappa shape index (κ1) is 23.3. The van der Waals surface area contributed by atoms with Crippen LogP contribution in [0.15, 0.2) is 57.2 Å². The zero-order valence-electron chi connectivity index (χ0n) is 17.6. The summed E-state index contributed by atoms with van der Waals surface area (Å²) in [6.45, 7) is 2.61. The molecule has 166 valence electrons. The van der Waals surface area contributed by atoms with Gasteiger partial charge in [-0.15, -0.1) is 0 Å². The summed E-state index contributed by atoms with van der Waals surface area (Å²) in [6.07, 6.45) is 1.95. The van der Waals surface area contributed by atoms with Crippen molar-refractivity contribution in [1.82, 2.24) is 8.87 Å². The number of benzene rings is 2. The van der Waals surface area contributed by atoms with E-state index in [1.807, 2.05) is 11.5 Å². The molecule has 11 heteroatoms. The van der Waals surface area contributed by atoms with Gasteiger partial charge in [0.05, 0.1) is 20.0 Å². The molecule has 0 aliphatic carbocycles.